The fourth-order valence-electron chi connectivity index (χ4n) is 1.91. The van der Waals surface area contributed by atoms with Crippen molar-refractivity contribution in [3.05, 3.63) is 46.6 Å². The van der Waals surface area contributed by atoms with Gasteiger partial charge < -0.3 is 10.3 Å². The molecule has 1 aromatic heterocycles. The fourth-order valence-corrected chi connectivity index (χ4v) is 2.11. The Bertz CT molecular complexity index is 539. The van der Waals surface area contributed by atoms with Crippen LogP contribution in [0, 0.1) is 5.92 Å². The lowest BCUT2D eigenvalue weighted by atomic mass is 10.0. The quantitative estimate of drug-likeness (QED) is 0.911. The molecular weight excluding hydrogens is 262 g/mol. The van der Waals surface area contributed by atoms with Gasteiger partial charge in [-0.25, -0.2) is 0 Å². The zero-order chi connectivity index (χ0) is 13.8. The van der Waals surface area contributed by atoms with E-state index in [1.807, 2.05) is 24.3 Å². The molecule has 0 saturated heterocycles. The van der Waals surface area contributed by atoms with Crippen molar-refractivity contribution in [1.29, 1.82) is 0 Å². The normalized spacial score (nSPS) is 12.9. The molecule has 4 nitrogen and oxygen atoms in total. The van der Waals surface area contributed by atoms with Gasteiger partial charge in [0.05, 0.1) is 6.04 Å². The third-order valence-electron chi connectivity index (χ3n) is 2.83. The Morgan fingerprint density at radius 2 is 2.05 bits per heavy atom. The molecule has 0 radical (unpaired) electrons. The second-order valence-corrected chi connectivity index (χ2v) is 5.46. The number of nitrogens with two attached hydrogens (primary N) is 1. The molecule has 0 aliphatic rings. The van der Waals surface area contributed by atoms with Crippen molar-refractivity contribution in [2.45, 2.75) is 32.7 Å². The average Bonchev–Trinajstić information content (AvgIpc) is 2.80. The minimum Gasteiger partial charge on any atom is -0.338 e. The van der Waals surface area contributed by atoms with Crippen molar-refractivity contribution in [2.24, 2.45) is 11.7 Å². The second-order valence-electron chi connectivity index (χ2n) is 5.05. The summed E-state index contributed by atoms with van der Waals surface area (Å²) in [6.45, 7) is 4.22. The van der Waals surface area contributed by atoms with Crippen molar-refractivity contribution in [1.82, 2.24) is 10.1 Å². The van der Waals surface area contributed by atoms with Crippen LogP contribution in [0.25, 0.3) is 0 Å². The molecule has 0 fully saturated rings. The monoisotopic (exact) mass is 279 g/mol. The third-order valence-corrected chi connectivity index (χ3v) is 3.20. The largest absolute Gasteiger partial charge is 0.338 e. The Labute approximate surface area is 118 Å². The SMILES string of the molecule is CC(C)CC(N)c1nc(Cc2ccccc2Cl)no1. The summed E-state index contributed by atoms with van der Waals surface area (Å²) in [5.74, 6) is 1.60. The van der Waals surface area contributed by atoms with Gasteiger partial charge in [0, 0.05) is 11.4 Å². The van der Waals surface area contributed by atoms with E-state index in [-0.39, 0.29) is 6.04 Å². The maximum Gasteiger partial charge on any atom is 0.243 e. The summed E-state index contributed by atoms with van der Waals surface area (Å²) in [6.07, 6.45) is 1.38. The molecule has 0 spiro atoms. The predicted molar refractivity (Wildman–Crippen MR) is 74.9 cm³/mol. The van der Waals surface area contributed by atoms with Gasteiger partial charge in [0.25, 0.3) is 0 Å². The lowest BCUT2D eigenvalue weighted by Crippen LogP contribution is -2.13. The van der Waals surface area contributed by atoms with Crippen LogP contribution in [0.15, 0.2) is 28.8 Å². The number of aromatic nitrogens is 2. The Kier molecular flexibility index (Phi) is 4.56. The third kappa shape index (κ3) is 3.78. The van der Waals surface area contributed by atoms with Crippen LogP contribution in [0.2, 0.25) is 5.02 Å². The summed E-state index contributed by atoms with van der Waals surface area (Å²) < 4.78 is 5.21. The molecule has 1 aromatic carbocycles. The van der Waals surface area contributed by atoms with E-state index in [0.717, 1.165) is 12.0 Å². The van der Waals surface area contributed by atoms with Crippen molar-refractivity contribution >= 4 is 11.6 Å². The molecule has 0 aliphatic carbocycles. The van der Waals surface area contributed by atoms with Crippen LogP contribution < -0.4 is 5.73 Å². The lowest BCUT2D eigenvalue weighted by molar-refractivity contribution is 0.333. The van der Waals surface area contributed by atoms with Gasteiger partial charge in [0.1, 0.15) is 0 Å². The van der Waals surface area contributed by atoms with Crippen molar-refractivity contribution in [2.75, 3.05) is 0 Å². The smallest absolute Gasteiger partial charge is 0.243 e. The van der Waals surface area contributed by atoms with Gasteiger partial charge in [0.2, 0.25) is 5.89 Å². The summed E-state index contributed by atoms with van der Waals surface area (Å²) in [6, 6.07) is 7.43. The van der Waals surface area contributed by atoms with E-state index < -0.39 is 0 Å². The summed E-state index contributed by atoms with van der Waals surface area (Å²) in [4.78, 5) is 4.34. The van der Waals surface area contributed by atoms with Crippen LogP contribution in [-0.4, -0.2) is 10.1 Å². The first kappa shape index (κ1) is 14.0. The van der Waals surface area contributed by atoms with Crippen LogP contribution in [0.1, 0.15) is 43.6 Å². The number of rotatable bonds is 5. The van der Waals surface area contributed by atoms with E-state index >= 15 is 0 Å². The summed E-state index contributed by atoms with van der Waals surface area (Å²) >= 11 is 6.10. The molecule has 1 heterocycles. The van der Waals surface area contributed by atoms with Crippen LogP contribution in [0.3, 0.4) is 0 Å². The van der Waals surface area contributed by atoms with Gasteiger partial charge in [0.15, 0.2) is 5.82 Å². The van der Waals surface area contributed by atoms with Crippen molar-refractivity contribution in [3.8, 4) is 0 Å². The number of halogens is 1. The molecule has 0 saturated carbocycles. The highest BCUT2D eigenvalue weighted by molar-refractivity contribution is 6.31. The maximum atomic E-state index is 6.10. The molecule has 2 rings (SSSR count). The van der Waals surface area contributed by atoms with Crippen LogP contribution in [0.5, 0.6) is 0 Å². The number of nitrogens with zero attached hydrogens (tertiary/aromatic N) is 2. The first-order chi connectivity index (χ1) is 9.06. The van der Waals surface area contributed by atoms with E-state index in [9.17, 15) is 0 Å². The molecule has 5 heteroatoms. The van der Waals surface area contributed by atoms with Gasteiger partial charge in [-0.1, -0.05) is 48.8 Å². The summed E-state index contributed by atoms with van der Waals surface area (Å²) in [5, 5.41) is 4.66. The first-order valence-corrected chi connectivity index (χ1v) is 6.75. The van der Waals surface area contributed by atoms with Crippen LogP contribution in [0.4, 0.5) is 0 Å². The van der Waals surface area contributed by atoms with E-state index in [1.54, 1.807) is 0 Å². The van der Waals surface area contributed by atoms with E-state index in [0.29, 0.717) is 29.1 Å². The van der Waals surface area contributed by atoms with Gasteiger partial charge in [-0.15, -0.1) is 0 Å². The highest BCUT2D eigenvalue weighted by Gasteiger charge is 2.16. The first-order valence-electron chi connectivity index (χ1n) is 6.37. The van der Waals surface area contributed by atoms with Gasteiger partial charge in [-0.3, -0.25) is 0 Å². The topological polar surface area (TPSA) is 64.9 Å². The Morgan fingerprint density at radius 3 is 2.74 bits per heavy atom. The zero-order valence-corrected chi connectivity index (χ0v) is 11.9. The minimum atomic E-state index is -0.201. The van der Waals surface area contributed by atoms with E-state index in [2.05, 4.69) is 24.0 Å². The predicted octanol–water partition coefficient (Wildman–Crippen LogP) is 3.36. The van der Waals surface area contributed by atoms with Gasteiger partial charge >= 0.3 is 0 Å². The number of hydrogen-bond acceptors (Lipinski definition) is 4. The molecule has 0 aliphatic heterocycles. The Hall–Kier alpha value is -1.39. The second kappa shape index (κ2) is 6.17. The molecule has 19 heavy (non-hydrogen) atoms. The lowest BCUT2D eigenvalue weighted by Gasteiger charge is -2.08. The maximum absolute atomic E-state index is 6.10. The molecule has 1 atom stereocenters. The molecular formula is C14H18ClN3O. The summed E-state index contributed by atoms with van der Waals surface area (Å²) in [5.41, 5.74) is 6.99. The standard InChI is InChI=1S/C14H18ClN3O/c1-9(2)7-12(16)14-17-13(18-19-14)8-10-5-3-4-6-11(10)15/h3-6,9,12H,7-8,16H2,1-2H3. The Balaban J connectivity index is 2.07. The van der Waals surface area contributed by atoms with Crippen LogP contribution in [-0.2, 0) is 6.42 Å². The molecule has 2 N–H and O–H groups in total. The fraction of sp³-hybridized carbons (Fsp3) is 0.429. The van der Waals surface area contributed by atoms with Crippen LogP contribution >= 0.6 is 11.6 Å². The Morgan fingerprint density at radius 1 is 1.32 bits per heavy atom. The van der Waals surface area contributed by atoms with E-state index in [4.69, 9.17) is 21.9 Å². The van der Waals surface area contributed by atoms with Crippen molar-refractivity contribution in [3.63, 3.8) is 0 Å². The average molecular weight is 280 g/mol. The molecule has 2 aromatic rings. The molecule has 0 bridgehead atoms. The van der Waals surface area contributed by atoms with Gasteiger partial charge in [-0.05, 0) is 24.0 Å². The highest BCUT2D eigenvalue weighted by atomic mass is 35.5. The van der Waals surface area contributed by atoms with Gasteiger partial charge in [-0.2, -0.15) is 4.98 Å². The van der Waals surface area contributed by atoms with E-state index in [1.165, 1.54) is 0 Å². The molecule has 102 valence electrons. The van der Waals surface area contributed by atoms with Crippen molar-refractivity contribution < 1.29 is 4.52 Å². The zero-order valence-electron chi connectivity index (χ0n) is 11.1. The minimum absolute atomic E-state index is 0.201. The highest BCUT2D eigenvalue weighted by Crippen LogP contribution is 2.20. The number of hydrogen-bond donors (Lipinski definition) is 1. The number of benzene rings is 1. The molecule has 1 unspecified atom stereocenters. The molecule has 0 amide bonds. The summed E-state index contributed by atoms with van der Waals surface area (Å²) in [7, 11) is 0.